The molecule has 1 unspecified atom stereocenters. The van der Waals surface area contributed by atoms with Gasteiger partial charge in [0, 0.05) is 0 Å². The van der Waals surface area contributed by atoms with E-state index in [1.54, 1.807) is 0 Å². The van der Waals surface area contributed by atoms with Crippen LogP contribution in [-0.2, 0) is 28.7 Å². The van der Waals surface area contributed by atoms with E-state index in [-0.39, 0.29) is 11.5 Å². The number of aliphatic hydroxyl groups excluding tert-OH is 1. The van der Waals surface area contributed by atoms with Gasteiger partial charge in [0.2, 0.25) is 0 Å². The zero-order valence-electron chi connectivity index (χ0n) is 8.49. The zero-order valence-corrected chi connectivity index (χ0v) is 10.3. The summed E-state index contributed by atoms with van der Waals surface area (Å²) in [5.74, 6) is -4.96. The Morgan fingerprint density at radius 3 is 1.88 bits per heavy atom. The highest BCUT2D eigenvalue weighted by molar-refractivity contribution is 7.81. The van der Waals surface area contributed by atoms with Gasteiger partial charge in [0.1, 0.15) is 0 Å². The molecule has 0 saturated carbocycles. The van der Waals surface area contributed by atoms with Gasteiger partial charge in [0.05, 0.1) is 17.9 Å². The van der Waals surface area contributed by atoms with Crippen molar-refractivity contribution in [2.45, 2.75) is 12.5 Å². The lowest BCUT2D eigenvalue weighted by atomic mass is 10.2. The Kier molecular flexibility index (Phi) is 7.59. The average molecular weight is 282 g/mol. The lowest BCUT2D eigenvalue weighted by molar-refractivity contribution is -0.169. The largest absolute Gasteiger partial charge is 0.392 e. The van der Waals surface area contributed by atoms with Gasteiger partial charge in [-0.25, -0.2) is 4.79 Å². The van der Waals surface area contributed by atoms with E-state index in [4.69, 9.17) is 5.11 Å². The summed E-state index contributed by atoms with van der Waals surface area (Å²) in [5, 5.41) is 9.14. The molecular formula is C8H10O7S2. The maximum absolute atomic E-state index is 11.0. The van der Waals surface area contributed by atoms with Crippen molar-refractivity contribution in [3.63, 3.8) is 0 Å². The van der Waals surface area contributed by atoms with Crippen LogP contribution in [0, 0.1) is 0 Å². The molecule has 0 saturated heterocycles. The van der Waals surface area contributed by atoms with Crippen molar-refractivity contribution >= 4 is 49.1 Å². The van der Waals surface area contributed by atoms with Crippen molar-refractivity contribution in [2.75, 3.05) is 11.5 Å². The molecule has 0 bridgehead atoms. The molecule has 0 amide bonds. The monoisotopic (exact) mass is 282 g/mol. The maximum Gasteiger partial charge on any atom is 0.343 e. The highest BCUT2D eigenvalue weighted by Gasteiger charge is 2.24. The predicted octanol–water partition coefficient (Wildman–Crippen LogP) is -1.26. The number of thiol groups is 2. The Bertz CT molecular complexity index is 328. The minimum Gasteiger partial charge on any atom is -0.392 e. The summed E-state index contributed by atoms with van der Waals surface area (Å²) in [6.07, 6.45) is -2.67. The molecule has 0 aliphatic carbocycles. The SMILES string of the molecule is O=C(CS)OC(=O)CC(O)C(=O)OC(=O)CS. The minimum absolute atomic E-state index is 0.315. The first-order chi connectivity index (χ1) is 7.90. The standard InChI is InChI=1S/C8H10O7S2/c9-4(8(13)15-7(12)3-17)1-5(10)14-6(11)2-16/h4,9,16-17H,1-3H2. The van der Waals surface area contributed by atoms with E-state index in [9.17, 15) is 19.2 Å². The van der Waals surface area contributed by atoms with Crippen molar-refractivity contribution in [3.05, 3.63) is 0 Å². The fourth-order valence-electron chi connectivity index (χ4n) is 0.655. The van der Waals surface area contributed by atoms with E-state index in [1.807, 2.05) is 0 Å². The molecule has 96 valence electrons. The second-order valence-electron chi connectivity index (χ2n) is 2.68. The van der Waals surface area contributed by atoms with Gasteiger partial charge in [0.15, 0.2) is 6.10 Å². The smallest absolute Gasteiger partial charge is 0.343 e. The molecule has 1 N–H and O–H groups in total. The third kappa shape index (κ3) is 6.97. The van der Waals surface area contributed by atoms with Crippen LogP contribution in [0.4, 0.5) is 0 Å². The summed E-state index contributed by atoms with van der Waals surface area (Å²) in [7, 11) is 0. The number of esters is 4. The Hall–Kier alpha value is -1.06. The molecule has 1 atom stereocenters. The van der Waals surface area contributed by atoms with Crippen molar-refractivity contribution in [1.82, 2.24) is 0 Å². The number of carbonyl (C=O) groups excluding carboxylic acids is 4. The molecule has 0 aromatic carbocycles. The first kappa shape index (κ1) is 15.9. The first-order valence-electron chi connectivity index (χ1n) is 4.28. The number of rotatable bonds is 5. The maximum atomic E-state index is 11.0. The Labute approximate surface area is 107 Å². The van der Waals surface area contributed by atoms with Crippen molar-refractivity contribution in [1.29, 1.82) is 0 Å². The molecule has 0 radical (unpaired) electrons. The summed E-state index contributed by atoms with van der Waals surface area (Å²) in [5.41, 5.74) is 0. The number of carbonyl (C=O) groups is 4. The lowest BCUT2D eigenvalue weighted by Gasteiger charge is -2.07. The molecule has 0 aliphatic heterocycles. The van der Waals surface area contributed by atoms with E-state index in [1.165, 1.54) is 0 Å². The molecule has 9 heteroatoms. The number of ether oxygens (including phenoxy) is 2. The van der Waals surface area contributed by atoms with Crippen molar-refractivity contribution in [2.24, 2.45) is 0 Å². The van der Waals surface area contributed by atoms with Gasteiger partial charge in [-0.1, -0.05) is 0 Å². The van der Waals surface area contributed by atoms with E-state index < -0.39 is 36.4 Å². The van der Waals surface area contributed by atoms with Gasteiger partial charge in [-0.05, 0) is 0 Å². The fraction of sp³-hybridized carbons (Fsp3) is 0.500. The van der Waals surface area contributed by atoms with Crippen LogP contribution in [0.1, 0.15) is 6.42 Å². The number of hydrogen-bond donors (Lipinski definition) is 3. The molecule has 0 rings (SSSR count). The second kappa shape index (κ2) is 8.09. The molecule has 0 fully saturated rings. The number of aliphatic hydroxyl groups is 1. The molecule has 0 spiro atoms. The van der Waals surface area contributed by atoms with Gasteiger partial charge in [-0.3, -0.25) is 14.4 Å². The van der Waals surface area contributed by atoms with E-state index >= 15 is 0 Å². The average Bonchev–Trinajstić information content (AvgIpc) is 2.28. The molecule has 7 nitrogen and oxygen atoms in total. The van der Waals surface area contributed by atoms with Crippen molar-refractivity contribution < 1.29 is 33.8 Å². The van der Waals surface area contributed by atoms with Gasteiger partial charge >= 0.3 is 23.9 Å². The van der Waals surface area contributed by atoms with Crippen LogP contribution >= 0.6 is 25.3 Å². The van der Waals surface area contributed by atoms with Crippen molar-refractivity contribution in [3.8, 4) is 0 Å². The van der Waals surface area contributed by atoms with Crippen LogP contribution in [0.2, 0.25) is 0 Å². The topological polar surface area (TPSA) is 107 Å². The van der Waals surface area contributed by atoms with E-state index in [0.717, 1.165) is 0 Å². The van der Waals surface area contributed by atoms with Gasteiger partial charge < -0.3 is 14.6 Å². The molecule has 0 aromatic rings. The predicted molar refractivity (Wildman–Crippen MR) is 60.5 cm³/mol. The zero-order chi connectivity index (χ0) is 13.4. The van der Waals surface area contributed by atoms with Gasteiger partial charge in [-0.2, -0.15) is 25.3 Å². The highest BCUT2D eigenvalue weighted by Crippen LogP contribution is 1.99. The molecule has 0 heterocycles. The third-order valence-electron chi connectivity index (χ3n) is 1.33. The molecule has 0 aliphatic rings. The second-order valence-corrected chi connectivity index (χ2v) is 3.31. The van der Waals surface area contributed by atoms with Crippen LogP contribution in [-0.4, -0.2) is 46.6 Å². The third-order valence-corrected chi connectivity index (χ3v) is 1.85. The quantitative estimate of drug-likeness (QED) is 0.328. The molecular weight excluding hydrogens is 272 g/mol. The highest BCUT2D eigenvalue weighted by atomic mass is 32.1. The van der Waals surface area contributed by atoms with Crippen LogP contribution in [0.15, 0.2) is 0 Å². The van der Waals surface area contributed by atoms with Crippen LogP contribution < -0.4 is 0 Å². The van der Waals surface area contributed by atoms with Gasteiger partial charge in [-0.15, -0.1) is 0 Å². The van der Waals surface area contributed by atoms with Crippen LogP contribution in [0.25, 0.3) is 0 Å². The number of hydrogen-bond acceptors (Lipinski definition) is 9. The van der Waals surface area contributed by atoms with E-state index in [0.29, 0.717) is 0 Å². The molecule has 17 heavy (non-hydrogen) atoms. The summed E-state index contributed by atoms with van der Waals surface area (Å²) in [6, 6.07) is 0. The molecule has 0 aromatic heterocycles. The summed E-state index contributed by atoms with van der Waals surface area (Å²) in [4.78, 5) is 43.1. The summed E-state index contributed by atoms with van der Waals surface area (Å²) >= 11 is 7.08. The van der Waals surface area contributed by atoms with Gasteiger partial charge in [0.25, 0.3) is 0 Å². The van der Waals surface area contributed by atoms with Crippen LogP contribution in [0.5, 0.6) is 0 Å². The van der Waals surface area contributed by atoms with Crippen LogP contribution in [0.3, 0.4) is 0 Å². The summed E-state index contributed by atoms with van der Waals surface area (Å²) < 4.78 is 8.21. The first-order valence-corrected chi connectivity index (χ1v) is 5.55. The Morgan fingerprint density at radius 2 is 1.41 bits per heavy atom. The Morgan fingerprint density at radius 1 is 0.941 bits per heavy atom. The normalized spacial score (nSPS) is 11.5. The minimum atomic E-state index is -1.88. The van der Waals surface area contributed by atoms with E-state index in [2.05, 4.69) is 34.7 Å². The fourth-order valence-corrected chi connectivity index (χ4v) is 0.784. The Balaban J connectivity index is 4.11. The lowest BCUT2D eigenvalue weighted by Crippen LogP contribution is -2.30. The summed E-state index contributed by atoms with van der Waals surface area (Å²) in [6.45, 7) is 0.